The second-order valence-corrected chi connectivity index (χ2v) is 6.75. The Kier molecular flexibility index (Phi) is 5.89. The van der Waals surface area contributed by atoms with E-state index in [9.17, 15) is 9.18 Å². The summed E-state index contributed by atoms with van der Waals surface area (Å²) in [5.74, 6) is -0.105. The van der Waals surface area contributed by atoms with E-state index in [0.29, 0.717) is 11.4 Å². The van der Waals surface area contributed by atoms with Crippen LogP contribution in [-0.2, 0) is 0 Å². The molecule has 7 nitrogen and oxygen atoms in total. The highest BCUT2D eigenvalue weighted by Gasteiger charge is 2.18. The molecule has 8 heteroatoms. The Morgan fingerprint density at radius 3 is 2.55 bits per heavy atom. The Balaban J connectivity index is 1.70. The summed E-state index contributed by atoms with van der Waals surface area (Å²) in [7, 11) is 0. The van der Waals surface area contributed by atoms with Crippen molar-refractivity contribution in [1.82, 2.24) is 19.7 Å². The average molecular weight is 414 g/mol. The highest BCUT2D eigenvalue weighted by Crippen LogP contribution is 2.22. The molecular formula is C23H19FN6O. The summed E-state index contributed by atoms with van der Waals surface area (Å²) in [6, 6.07) is 16.5. The first-order valence-electron chi connectivity index (χ1n) is 9.63. The van der Waals surface area contributed by atoms with Crippen LogP contribution in [0.1, 0.15) is 18.2 Å². The van der Waals surface area contributed by atoms with Crippen LogP contribution in [0.4, 0.5) is 10.1 Å². The largest absolute Gasteiger partial charge is 0.376 e. The number of para-hydroxylation sites is 1. The normalized spacial score (nSPS) is 11.6. The molecule has 31 heavy (non-hydrogen) atoms. The van der Waals surface area contributed by atoms with Gasteiger partial charge in [0.2, 0.25) is 5.43 Å². The summed E-state index contributed by atoms with van der Waals surface area (Å²) in [5.41, 5.74) is 1.43. The predicted molar refractivity (Wildman–Crippen MR) is 117 cm³/mol. The molecule has 1 unspecified atom stereocenters. The molecule has 0 fully saturated rings. The number of halogens is 1. The van der Waals surface area contributed by atoms with Crippen molar-refractivity contribution in [2.45, 2.75) is 12.5 Å². The molecule has 4 aromatic rings. The minimum absolute atomic E-state index is 0.189. The molecule has 4 rings (SSSR count). The van der Waals surface area contributed by atoms with Gasteiger partial charge in [-0.25, -0.2) is 19.0 Å². The summed E-state index contributed by atoms with van der Waals surface area (Å²) in [6.45, 7) is 0. The van der Waals surface area contributed by atoms with E-state index in [2.05, 4.69) is 20.4 Å². The number of rotatable bonds is 7. The highest BCUT2D eigenvalue weighted by atomic mass is 19.1. The van der Waals surface area contributed by atoms with Crippen LogP contribution in [0.2, 0.25) is 0 Å². The number of nitrogens with zero attached hydrogens (tertiary/aromatic N) is 4. The lowest BCUT2D eigenvalue weighted by atomic mass is 10.1. The first-order chi connectivity index (χ1) is 15.2. The van der Waals surface area contributed by atoms with E-state index in [1.54, 1.807) is 30.6 Å². The summed E-state index contributed by atoms with van der Waals surface area (Å²) in [5, 5.41) is 15.1. The molecule has 2 aromatic heterocycles. The van der Waals surface area contributed by atoms with E-state index in [0.717, 1.165) is 5.69 Å². The molecule has 2 heterocycles. The summed E-state index contributed by atoms with van der Waals surface area (Å²) < 4.78 is 16.2. The molecule has 0 spiro atoms. The molecule has 0 aliphatic rings. The molecule has 1 atom stereocenters. The minimum Gasteiger partial charge on any atom is -0.376 e. The van der Waals surface area contributed by atoms with Gasteiger partial charge in [0.1, 0.15) is 17.2 Å². The fraction of sp³-hybridized carbons (Fsp3) is 0.0870. The molecule has 0 aliphatic carbocycles. The van der Waals surface area contributed by atoms with Crippen molar-refractivity contribution in [3.05, 3.63) is 101 Å². The number of benzene rings is 2. The molecule has 0 radical (unpaired) electrons. The number of hydrogen-bond donors (Lipinski definition) is 2. The van der Waals surface area contributed by atoms with E-state index in [4.69, 9.17) is 5.41 Å². The van der Waals surface area contributed by atoms with Gasteiger partial charge in [0.15, 0.2) is 5.82 Å². The van der Waals surface area contributed by atoms with Crippen LogP contribution in [0.3, 0.4) is 0 Å². The summed E-state index contributed by atoms with van der Waals surface area (Å²) >= 11 is 0. The molecule has 0 saturated heterocycles. The van der Waals surface area contributed by atoms with Crippen molar-refractivity contribution >= 4 is 11.9 Å². The van der Waals surface area contributed by atoms with E-state index in [-0.39, 0.29) is 23.2 Å². The number of anilines is 1. The van der Waals surface area contributed by atoms with Crippen LogP contribution >= 0.6 is 0 Å². The van der Waals surface area contributed by atoms with Crippen molar-refractivity contribution in [3.63, 3.8) is 0 Å². The highest BCUT2D eigenvalue weighted by molar-refractivity contribution is 5.58. The maximum Gasteiger partial charge on any atom is 0.205 e. The summed E-state index contributed by atoms with van der Waals surface area (Å²) in [6.07, 6.45) is 6.08. The van der Waals surface area contributed by atoms with Crippen molar-refractivity contribution in [1.29, 1.82) is 5.41 Å². The molecule has 0 aliphatic heterocycles. The van der Waals surface area contributed by atoms with E-state index >= 15 is 0 Å². The standard InChI is InChI=1S/C23H19FN6O/c24-18-15-16(23-26-12-4-13-27-23)7-8-20(18)30-14-10-21(31)22(29-30)19(9-11-25)28-17-5-2-1-3-6-17/h1-8,10-15,19,25,28H,9H2. The Morgan fingerprint density at radius 1 is 1.06 bits per heavy atom. The van der Waals surface area contributed by atoms with Gasteiger partial charge in [-0.15, -0.1) is 0 Å². The molecule has 0 saturated carbocycles. The lowest BCUT2D eigenvalue weighted by molar-refractivity contribution is 0.602. The third kappa shape index (κ3) is 4.53. The zero-order valence-electron chi connectivity index (χ0n) is 16.4. The second kappa shape index (κ2) is 9.08. The van der Waals surface area contributed by atoms with Gasteiger partial charge in [-0.2, -0.15) is 5.10 Å². The zero-order valence-corrected chi connectivity index (χ0v) is 16.4. The van der Waals surface area contributed by atoms with Gasteiger partial charge in [-0.3, -0.25) is 4.79 Å². The Bertz CT molecular complexity index is 1240. The monoisotopic (exact) mass is 414 g/mol. The summed E-state index contributed by atoms with van der Waals surface area (Å²) in [4.78, 5) is 20.8. The molecule has 2 aromatic carbocycles. The molecular weight excluding hydrogens is 395 g/mol. The Hall–Kier alpha value is -4.20. The number of aromatic nitrogens is 4. The van der Waals surface area contributed by atoms with Gasteiger partial charge in [-0.05, 0) is 42.6 Å². The third-order valence-corrected chi connectivity index (χ3v) is 4.65. The van der Waals surface area contributed by atoms with Crippen LogP contribution in [0.15, 0.2) is 84.0 Å². The van der Waals surface area contributed by atoms with Crippen LogP contribution in [0, 0.1) is 11.2 Å². The maximum atomic E-state index is 14.9. The van der Waals surface area contributed by atoms with E-state index in [1.807, 2.05) is 30.3 Å². The van der Waals surface area contributed by atoms with Crippen LogP contribution in [0.5, 0.6) is 0 Å². The van der Waals surface area contributed by atoms with E-state index < -0.39 is 11.9 Å². The maximum absolute atomic E-state index is 14.9. The van der Waals surface area contributed by atoms with Gasteiger partial charge in [0, 0.05) is 42.3 Å². The lowest BCUT2D eigenvalue weighted by Gasteiger charge is -2.18. The average Bonchev–Trinajstić information content (AvgIpc) is 2.80. The third-order valence-electron chi connectivity index (χ3n) is 4.65. The lowest BCUT2D eigenvalue weighted by Crippen LogP contribution is -2.24. The smallest absolute Gasteiger partial charge is 0.205 e. The van der Waals surface area contributed by atoms with Crippen LogP contribution < -0.4 is 10.7 Å². The fourth-order valence-electron chi connectivity index (χ4n) is 3.17. The molecule has 2 N–H and O–H groups in total. The Labute approximate surface area is 177 Å². The van der Waals surface area contributed by atoms with Crippen molar-refractivity contribution in [3.8, 4) is 17.1 Å². The van der Waals surface area contributed by atoms with Crippen molar-refractivity contribution < 1.29 is 4.39 Å². The molecule has 0 bridgehead atoms. The van der Waals surface area contributed by atoms with Gasteiger partial charge < -0.3 is 10.7 Å². The predicted octanol–water partition coefficient (Wildman–Crippen LogP) is 4.02. The van der Waals surface area contributed by atoms with Gasteiger partial charge in [-0.1, -0.05) is 18.2 Å². The Morgan fingerprint density at radius 2 is 1.84 bits per heavy atom. The topological polar surface area (TPSA) is 96.6 Å². The molecule has 154 valence electrons. The quantitative estimate of drug-likeness (QED) is 0.445. The number of hydrogen-bond acceptors (Lipinski definition) is 6. The van der Waals surface area contributed by atoms with Gasteiger partial charge in [0.05, 0.1) is 6.04 Å². The van der Waals surface area contributed by atoms with E-state index in [1.165, 1.54) is 29.2 Å². The minimum atomic E-state index is -0.528. The number of nitrogens with one attached hydrogen (secondary N) is 2. The zero-order chi connectivity index (χ0) is 21.6. The molecule has 0 amide bonds. The first kappa shape index (κ1) is 20.1. The SMILES string of the molecule is N=CCC(Nc1ccccc1)c1nn(-c2ccc(-c3ncccn3)cc2F)ccc1=O. The fourth-order valence-corrected chi connectivity index (χ4v) is 3.17. The first-order valence-corrected chi connectivity index (χ1v) is 9.63. The van der Waals surface area contributed by atoms with Gasteiger partial charge >= 0.3 is 0 Å². The second-order valence-electron chi connectivity index (χ2n) is 6.75. The van der Waals surface area contributed by atoms with Crippen LogP contribution in [-0.4, -0.2) is 26.0 Å². The van der Waals surface area contributed by atoms with Gasteiger partial charge in [0.25, 0.3) is 0 Å². The van der Waals surface area contributed by atoms with Crippen molar-refractivity contribution in [2.24, 2.45) is 0 Å². The van der Waals surface area contributed by atoms with Crippen molar-refractivity contribution in [2.75, 3.05) is 5.32 Å². The van der Waals surface area contributed by atoms with Crippen LogP contribution in [0.25, 0.3) is 17.1 Å².